The number of rotatable bonds is 5. The predicted molar refractivity (Wildman–Crippen MR) is 121 cm³/mol. The van der Waals surface area contributed by atoms with Gasteiger partial charge in [-0.25, -0.2) is 9.59 Å². The first-order valence-corrected chi connectivity index (χ1v) is 9.83. The standard InChI is InChI=1S/C27H20O4/c1-17-15-23(18-9-3-2-4-10-18)25(20-12-6-8-14-22(20)27(30)31)24(16-17)19-11-5-7-13-21(19)26(28)29/h2-16H,1H3,(H,28,29)(H,30,31). The van der Waals surface area contributed by atoms with E-state index < -0.39 is 11.9 Å². The van der Waals surface area contributed by atoms with Gasteiger partial charge in [-0.2, -0.15) is 0 Å². The fourth-order valence-electron chi connectivity index (χ4n) is 3.93. The van der Waals surface area contributed by atoms with E-state index in [4.69, 9.17) is 0 Å². The molecule has 0 radical (unpaired) electrons. The monoisotopic (exact) mass is 408 g/mol. The van der Waals surface area contributed by atoms with Crippen molar-refractivity contribution in [3.8, 4) is 33.4 Å². The minimum Gasteiger partial charge on any atom is -0.478 e. The summed E-state index contributed by atoms with van der Waals surface area (Å²) < 4.78 is 0. The quantitative estimate of drug-likeness (QED) is 0.401. The lowest BCUT2D eigenvalue weighted by atomic mass is 9.83. The smallest absolute Gasteiger partial charge is 0.336 e. The first-order chi connectivity index (χ1) is 15.0. The Bertz CT molecular complexity index is 1290. The van der Waals surface area contributed by atoms with Crippen molar-refractivity contribution in [2.45, 2.75) is 6.92 Å². The summed E-state index contributed by atoms with van der Waals surface area (Å²) in [4.78, 5) is 24.0. The van der Waals surface area contributed by atoms with Gasteiger partial charge in [0.1, 0.15) is 0 Å². The molecule has 0 amide bonds. The minimum absolute atomic E-state index is 0.164. The Hall–Kier alpha value is -4.18. The van der Waals surface area contributed by atoms with Crippen molar-refractivity contribution >= 4 is 11.9 Å². The van der Waals surface area contributed by atoms with Crippen LogP contribution in [0.15, 0.2) is 91.0 Å². The van der Waals surface area contributed by atoms with Gasteiger partial charge in [-0.3, -0.25) is 0 Å². The number of hydrogen-bond acceptors (Lipinski definition) is 2. The molecule has 0 aliphatic carbocycles. The topological polar surface area (TPSA) is 74.6 Å². The molecule has 4 nitrogen and oxygen atoms in total. The minimum atomic E-state index is -1.03. The van der Waals surface area contributed by atoms with Gasteiger partial charge in [0, 0.05) is 0 Å². The van der Waals surface area contributed by atoms with Crippen LogP contribution in [0.2, 0.25) is 0 Å². The maximum atomic E-state index is 12.0. The van der Waals surface area contributed by atoms with Gasteiger partial charge in [0.2, 0.25) is 0 Å². The molecule has 4 rings (SSSR count). The Morgan fingerprint density at radius 3 is 1.68 bits per heavy atom. The maximum absolute atomic E-state index is 12.0. The highest BCUT2D eigenvalue weighted by atomic mass is 16.4. The van der Waals surface area contributed by atoms with Gasteiger partial charge >= 0.3 is 11.9 Å². The van der Waals surface area contributed by atoms with Crippen LogP contribution in [0.1, 0.15) is 26.3 Å². The summed E-state index contributed by atoms with van der Waals surface area (Å²) >= 11 is 0. The van der Waals surface area contributed by atoms with E-state index in [0.717, 1.165) is 16.7 Å². The third-order valence-electron chi connectivity index (χ3n) is 5.24. The van der Waals surface area contributed by atoms with Crippen LogP contribution in [0.3, 0.4) is 0 Å². The molecule has 4 aromatic rings. The molecule has 0 aliphatic rings. The molecule has 0 aromatic heterocycles. The third-order valence-corrected chi connectivity index (χ3v) is 5.24. The van der Waals surface area contributed by atoms with Crippen LogP contribution in [-0.4, -0.2) is 22.2 Å². The normalized spacial score (nSPS) is 10.6. The van der Waals surface area contributed by atoms with E-state index in [-0.39, 0.29) is 11.1 Å². The molecule has 0 heterocycles. The van der Waals surface area contributed by atoms with Crippen LogP contribution in [0.25, 0.3) is 33.4 Å². The van der Waals surface area contributed by atoms with Crippen LogP contribution in [0, 0.1) is 6.92 Å². The molecule has 0 saturated carbocycles. The lowest BCUT2D eigenvalue weighted by Gasteiger charge is -2.20. The van der Waals surface area contributed by atoms with Gasteiger partial charge in [0.25, 0.3) is 0 Å². The molecule has 0 fully saturated rings. The second kappa shape index (κ2) is 8.28. The van der Waals surface area contributed by atoms with Crippen LogP contribution < -0.4 is 0 Å². The summed E-state index contributed by atoms with van der Waals surface area (Å²) in [6.45, 7) is 1.95. The molecular formula is C27H20O4. The van der Waals surface area contributed by atoms with Gasteiger partial charge in [-0.05, 0) is 58.0 Å². The molecular weight excluding hydrogens is 388 g/mol. The molecule has 0 bridgehead atoms. The van der Waals surface area contributed by atoms with E-state index in [2.05, 4.69) is 0 Å². The van der Waals surface area contributed by atoms with Crippen molar-refractivity contribution in [2.75, 3.05) is 0 Å². The molecule has 4 heteroatoms. The summed E-state index contributed by atoms with van der Waals surface area (Å²) in [7, 11) is 0. The van der Waals surface area contributed by atoms with Gasteiger partial charge in [0.15, 0.2) is 0 Å². The largest absolute Gasteiger partial charge is 0.478 e. The summed E-state index contributed by atoms with van der Waals surface area (Å²) in [6, 6.07) is 27.3. The van der Waals surface area contributed by atoms with E-state index in [1.807, 2.05) is 49.4 Å². The van der Waals surface area contributed by atoms with E-state index >= 15 is 0 Å². The Morgan fingerprint density at radius 2 is 1.06 bits per heavy atom. The molecule has 4 aromatic carbocycles. The Morgan fingerprint density at radius 1 is 0.581 bits per heavy atom. The van der Waals surface area contributed by atoms with Crippen molar-refractivity contribution in [2.24, 2.45) is 0 Å². The molecule has 0 unspecified atom stereocenters. The average Bonchev–Trinajstić information content (AvgIpc) is 2.79. The molecule has 0 saturated heterocycles. The number of carboxylic acids is 2. The van der Waals surface area contributed by atoms with Gasteiger partial charge < -0.3 is 10.2 Å². The van der Waals surface area contributed by atoms with Crippen molar-refractivity contribution in [1.82, 2.24) is 0 Å². The molecule has 0 spiro atoms. The fourth-order valence-corrected chi connectivity index (χ4v) is 3.93. The van der Waals surface area contributed by atoms with Crippen molar-refractivity contribution in [3.05, 3.63) is 108 Å². The zero-order chi connectivity index (χ0) is 22.0. The highest BCUT2D eigenvalue weighted by molar-refractivity contribution is 6.06. The fraction of sp³-hybridized carbons (Fsp3) is 0.0370. The van der Waals surface area contributed by atoms with E-state index in [1.54, 1.807) is 48.5 Å². The van der Waals surface area contributed by atoms with E-state index in [9.17, 15) is 19.8 Å². The highest BCUT2D eigenvalue weighted by Crippen LogP contribution is 2.43. The van der Waals surface area contributed by atoms with E-state index in [0.29, 0.717) is 22.3 Å². The second-order valence-electron chi connectivity index (χ2n) is 7.30. The Balaban J connectivity index is 2.17. The number of aromatic carboxylic acids is 2. The zero-order valence-electron chi connectivity index (χ0n) is 16.9. The molecule has 0 atom stereocenters. The average molecular weight is 408 g/mol. The van der Waals surface area contributed by atoms with Crippen LogP contribution in [-0.2, 0) is 0 Å². The second-order valence-corrected chi connectivity index (χ2v) is 7.30. The summed E-state index contributed by atoms with van der Waals surface area (Å²) in [5.74, 6) is -2.07. The first-order valence-electron chi connectivity index (χ1n) is 9.83. The Labute approximate surface area is 180 Å². The van der Waals surface area contributed by atoms with Crippen molar-refractivity contribution in [3.63, 3.8) is 0 Å². The predicted octanol–water partition coefficient (Wildman–Crippen LogP) is 6.39. The van der Waals surface area contributed by atoms with Crippen LogP contribution in [0.5, 0.6) is 0 Å². The molecule has 2 N–H and O–H groups in total. The molecule has 31 heavy (non-hydrogen) atoms. The third kappa shape index (κ3) is 3.83. The van der Waals surface area contributed by atoms with Crippen molar-refractivity contribution in [1.29, 1.82) is 0 Å². The first kappa shape index (κ1) is 20.1. The highest BCUT2D eigenvalue weighted by Gasteiger charge is 2.22. The zero-order valence-corrected chi connectivity index (χ0v) is 16.9. The number of carbonyl (C=O) groups is 2. The number of aryl methyl sites for hydroxylation is 1. The SMILES string of the molecule is Cc1cc(-c2ccccc2)c(-c2ccccc2C(=O)O)c(-c2ccccc2C(=O)O)c1. The van der Waals surface area contributed by atoms with Gasteiger partial charge in [-0.1, -0.05) is 78.9 Å². The number of hydrogen-bond donors (Lipinski definition) is 2. The van der Waals surface area contributed by atoms with E-state index in [1.165, 1.54) is 0 Å². The Kier molecular flexibility index (Phi) is 5.37. The van der Waals surface area contributed by atoms with Crippen LogP contribution in [0.4, 0.5) is 0 Å². The molecule has 152 valence electrons. The lowest BCUT2D eigenvalue weighted by molar-refractivity contribution is 0.0686. The summed E-state index contributed by atoms with van der Waals surface area (Å²) in [5, 5.41) is 19.6. The van der Waals surface area contributed by atoms with Crippen LogP contribution >= 0.6 is 0 Å². The summed E-state index contributed by atoms with van der Waals surface area (Å²) in [5.41, 5.74) is 5.54. The van der Waals surface area contributed by atoms with Crippen molar-refractivity contribution < 1.29 is 19.8 Å². The maximum Gasteiger partial charge on any atom is 0.336 e. The number of carboxylic acid groups (broad SMARTS) is 2. The molecule has 0 aliphatic heterocycles. The van der Waals surface area contributed by atoms with Gasteiger partial charge in [0.05, 0.1) is 11.1 Å². The summed E-state index contributed by atoms with van der Waals surface area (Å²) in [6.07, 6.45) is 0. The lowest BCUT2D eigenvalue weighted by Crippen LogP contribution is -2.04. The number of benzene rings is 4. The van der Waals surface area contributed by atoms with Gasteiger partial charge in [-0.15, -0.1) is 0 Å².